The lowest BCUT2D eigenvalue weighted by Crippen LogP contribution is -2.04. The SMILES string of the molecule is c1ccc2c(c1)[C@H]1C3CCCCCC[C@@H]2PC31. The van der Waals surface area contributed by atoms with Crippen LogP contribution in [-0.4, -0.2) is 5.66 Å². The molecule has 2 aliphatic heterocycles. The topological polar surface area (TPSA) is 0 Å². The number of fused-ring (bicyclic) bond motifs is 5. The Hall–Kier alpha value is -0.350. The van der Waals surface area contributed by atoms with Crippen molar-refractivity contribution < 1.29 is 0 Å². The molecule has 2 bridgehead atoms. The minimum atomic E-state index is 0.926. The fourth-order valence-electron chi connectivity index (χ4n) is 4.16. The molecule has 3 unspecified atom stereocenters. The van der Waals surface area contributed by atoms with Gasteiger partial charge in [-0.05, 0) is 41.5 Å². The van der Waals surface area contributed by atoms with Crippen LogP contribution in [0.1, 0.15) is 61.2 Å². The largest absolute Gasteiger partial charge is 0.110 e. The minimum Gasteiger partial charge on any atom is -0.110 e. The molecule has 0 N–H and O–H groups in total. The van der Waals surface area contributed by atoms with Crippen molar-refractivity contribution in [1.82, 2.24) is 0 Å². The Labute approximate surface area is 106 Å². The maximum Gasteiger partial charge on any atom is 0.00198 e. The van der Waals surface area contributed by atoms with Crippen LogP contribution in [-0.2, 0) is 0 Å². The molecular weight excluding hydrogens is 223 g/mol. The highest BCUT2D eigenvalue weighted by Gasteiger charge is 2.54. The molecule has 0 radical (unpaired) electrons. The van der Waals surface area contributed by atoms with Crippen LogP contribution in [0.15, 0.2) is 24.3 Å². The first-order chi connectivity index (χ1) is 8.45. The van der Waals surface area contributed by atoms with E-state index in [2.05, 4.69) is 24.3 Å². The van der Waals surface area contributed by atoms with Crippen molar-refractivity contribution in [3.63, 3.8) is 0 Å². The van der Waals surface area contributed by atoms with Gasteiger partial charge in [-0.3, -0.25) is 0 Å². The van der Waals surface area contributed by atoms with Crippen molar-refractivity contribution in [2.24, 2.45) is 5.92 Å². The molecule has 1 aromatic carbocycles. The molecule has 1 heteroatoms. The molecule has 0 spiro atoms. The molecule has 0 amide bonds. The van der Waals surface area contributed by atoms with Crippen molar-refractivity contribution in [1.29, 1.82) is 0 Å². The van der Waals surface area contributed by atoms with Crippen LogP contribution >= 0.6 is 8.58 Å². The van der Waals surface area contributed by atoms with Crippen LogP contribution in [0, 0.1) is 5.92 Å². The van der Waals surface area contributed by atoms with Crippen LogP contribution in [0.25, 0.3) is 0 Å². The van der Waals surface area contributed by atoms with Crippen molar-refractivity contribution >= 4 is 8.58 Å². The highest BCUT2D eigenvalue weighted by molar-refractivity contribution is 7.40. The van der Waals surface area contributed by atoms with Crippen LogP contribution in [0.2, 0.25) is 0 Å². The van der Waals surface area contributed by atoms with E-state index < -0.39 is 0 Å². The molecule has 1 aliphatic carbocycles. The molecule has 0 nitrogen and oxygen atoms in total. The smallest absolute Gasteiger partial charge is 0.00198 e. The van der Waals surface area contributed by atoms with Gasteiger partial charge >= 0.3 is 0 Å². The van der Waals surface area contributed by atoms with Gasteiger partial charge < -0.3 is 0 Å². The first-order valence-corrected chi connectivity index (χ1v) is 8.45. The number of hydrogen-bond donors (Lipinski definition) is 0. The van der Waals surface area contributed by atoms with E-state index in [-0.39, 0.29) is 0 Å². The summed E-state index contributed by atoms with van der Waals surface area (Å²) in [6.07, 6.45) is 8.91. The van der Waals surface area contributed by atoms with Crippen LogP contribution in [0.3, 0.4) is 0 Å². The van der Waals surface area contributed by atoms with E-state index in [1.807, 2.05) is 0 Å². The normalized spacial score (nSPS) is 40.7. The maximum atomic E-state index is 2.43. The highest BCUT2D eigenvalue weighted by atomic mass is 31.1. The first kappa shape index (κ1) is 10.6. The molecule has 4 rings (SSSR count). The van der Waals surface area contributed by atoms with Gasteiger partial charge in [0.15, 0.2) is 0 Å². The summed E-state index contributed by atoms with van der Waals surface area (Å²) in [6.45, 7) is 0. The van der Waals surface area contributed by atoms with Gasteiger partial charge in [0.05, 0.1) is 0 Å². The lowest BCUT2D eigenvalue weighted by atomic mass is 9.96. The number of rotatable bonds is 0. The van der Waals surface area contributed by atoms with Gasteiger partial charge in [-0.1, -0.05) is 49.9 Å². The fraction of sp³-hybridized carbons (Fsp3) is 0.625. The molecule has 5 atom stereocenters. The lowest BCUT2D eigenvalue weighted by molar-refractivity contribution is 0.564. The zero-order valence-corrected chi connectivity index (χ0v) is 11.4. The van der Waals surface area contributed by atoms with E-state index in [0.717, 1.165) is 23.2 Å². The molecule has 1 aromatic rings. The van der Waals surface area contributed by atoms with Crippen molar-refractivity contribution in [2.45, 2.75) is 55.8 Å². The standard InChI is InChI=1S/C16H21P/c1-2-4-10-14-11-7-5-6-8-12(11)15-13(9-3-1)16(15)17-14/h5-8,13-17H,1-4,9-10H2/t13?,14-,15-,16?/m0/s1. The summed E-state index contributed by atoms with van der Waals surface area (Å²) in [6, 6.07) is 9.38. The second-order valence-corrected chi connectivity index (χ2v) is 7.75. The summed E-state index contributed by atoms with van der Waals surface area (Å²) in [5, 5.41) is 0. The van der Waals surface area contributed by atoms with Crippen molar-refractivity contribution in [3.05, 3.63) is 35.4 Å². The van der Waals surface area contributed by atoms with Gasteiger partial charge in [-0.15, -0.1) is 8.58 Å². The van der Waals surface area contributed by atoms with E-state index in [1.54, 1.807) is 11.1 Å². The van der Waals surface area contributed by atoms with Gasteiger partial charge in [-0.25, -0.2) is 0 Å². The Bertz CT molecular complexity index is 406. The van der Waals surface area contributed by atoms with Gasteiger partial charge in [0.1, 0.15) is 0 Å². The average molecular weight is 244 g/mol. The second-order valence-electron chi connectivity index (χ2n) is 6.06. The van der Waals surface area contributed by atoms with Gasteiger partial charge in [0, 0.05) is 5.66 Å². The maximum absolute atomic E-state index is 2.43. The monoisotopic (exact) mass is 244 g/mol. The third-order valence-corrected chi connectivity index (χ3v) is 7.25. The van der Waals surface area contributed by atoms with Gasteiger partial charge in [0.2, 0.25) is 0 Å². The van der Waals surface area contributed by atoms with Crippen LogP contribution < -0.4 is 0 Å². The Morgan fingerprint density at radius 3 is 2.53 bits per heavy atom. The Balaban J connectivity index is 1.73. The summed E-state index contributed by atoms with van der Waals surface area (Å²) in [5.41, 5.74) is 5.49. The Morgan fingerprint density at radius 1 is 0.882 bits per heavy atom. The quantitative estimate of drug-likeness (QED) is 0.572. The zero-order valence-electron chi connectivity index (χ0n) is 10.4. The molecule has 2 heterocycles. The molecular formula is C16H21P. The fourth-order valence-corrected chi connectivity index (χ4v) is 6.58. The molecule has 2 fully saturated rings. The summed E-state index contributed by atoms with van der Waals surface area (Å²) in [4.78, 5) is 0. The average Bonchev–Trinajstić information content (AvgIpc) is 3.08. The van der Waals surface area contributed by atoms with E-state index in [1.165, 1.54) is 47.1 Å². The third-order valence-electron chi connectivity index (χ3n) is 5.07. The lowest BCUT2D eigenvalue weighted by Gasteiger charge is -2.25. The molecule has 1 saturated carbocycles. The molecule has 17 heavy (non-hydrogen) atoms. The first-order valence-electron chi connectivity index (χ1n) is 7.30. The van der Waals surface area contributed by atoms with E-state index in [4.69, 9.17) is 0 Å². The molecule has 3 aliphatic rings. The summed E-state index contributed by atoms with van der Waals surface area (Å²) in [7, 11) is 1.24. The van der Waals surface area contributed by atoms with Crippen molar-refractivity contribution in [3.8, 4) is 0 Å². The van der Waals surface area contributed by atoms with E-state index in [9.17, 15) is 0 Å². The zero-order chi connectivity index (χ0) is 11.2. The second kappa shape index (κ2) is 4.09. The van der Waals surface area contributed by atoms with Gasteiger partial charge in [0.25, 0.3) is 0 Å². The highest BCUT2D eigenvalue weighted by Crippen LogP contribution is 2.69. The molecule has 0 aromatic heterocycles. The van der Waals surface area contributed by atoms with Crippen LogP contribution in [0.4, 0.5) is 0 Å². The summed E-state index contributed by atoms with van der Waals surface area (Å²) < 4.78 is 0. The number of hydrogen-bond acceptors (Lipinski definition) is 0. The molecule has 1 saturated heterocycles. The minimum absolute atomic E-state index is 0.926. The van der Waals surface area contributed by atoms with E-state index >= 15 is 0 Å². The predicted octanol–water partition coefficient (Wildman–Crippen LogP) is 4.86. The third kappa shape index (κ3) is 1.68. The summed E-state index contributed by atoms with van der Waals surface area (Å²) >= 11 is 0. The molecule has 90 valence electrons. The van der Waals surface area contributed by atoms with E-state index in [0.29, 0.717) is 0 Å². The van der Waals surface area contributed by atoms with Crippen molar-refractivity contribution in [2.75, 3.05) is 0 Å². The Morgan fingerprint density at radius 2 is 1.65 bits per heavy atom. The number of benzene rings is 1. The van der Waals surface area contributed by atoms with Gasteiger partial charge in [-0.2, -0.15) is 0 Å². The predicted molar refractivity (Wildman–Crippen MR) is 75.2 cm³/mol. The van der Waals surface area contributed by atoms with Crippen LogP contribution in [0.5, 0.6) is 0 Å². The summed E-state index contributed by atoms with van der Waals surface area (Å²) in [5.74, 6) is 2.04. The Kier molecular flexibility index (Phi) is 2.54.